The molecular formula is C30H42FN5O2. The van der Waals surface area contributed by atoms with E-state index in [0.29, 0.717) is 31.6 Å². The quantitative estimate of drug-likeness (QED) is 0.628. The summed E-state index contributed by atoms with van der Waals surface area (Å²) in [6, 6.07) is 9.66. The molecule has 8 heteroatoms. The Hall–Kier alpha value is -2.39. The molecule has 1 N–H and O–H groups in total. The molecule has 7 nitrogen and oxygen atoms in total. The predicted molar refractivity (Wildman–Crippen MR) is 148 cm³/mol. The van der Waals surface area contributed by atoms with Crippen LogP contribution in [0.2, 0.25) is 0 Å². The molecule has 0 bridgehead atoms. The Labute approximate surface area is 226 Å². The van der Waals surface area contributed by atoms with E-state index < -0.39 is 0 Å². The molecule has 0 spiro atoms. The molecule has 1 amide bonds. The Morgan fingerprint density at radius 1 is 1.13 bits per heavy atom. The normalized spacial score (nSPS) is 27.9. The highest BCUT2D eigenvalue weighted by molar-refractivity contribution is 5.97. The number of ether oxygens (including phenoxy) is 1. The van der Waals surface area contributed by atoms with Gasteiger partial charge in [0.15, 0.2) is 0 Å². The molecule has 1 aromatic carbocycles. The highest BCUT2D eigenvalue weighted by Gasteiger charge is 2.41. The predicted octanol–water partition coefficient (Wildman–Crippen LogP) is 3.21. The second kappa shape index (κ2) is 11.0. The second-order valence-electron chi connectivity index (χ2n) is 12.2. The van der Waals surface area contributed by atoms with E-state index in [2.05, 4.69) is 55.8 Å². The van der Waals surface area contributed by atoms with Gasteiger partial charge in [0.1, 0.15) is 5.82 Å². The molecule has 4 heterocycles. The largest absolute Gasteiger partial charge is 0.376 e. The summed E-state index contributed by atoms with van der Waals surface area (Å²) in [6.45, 7) is 16.2. The molecule has 206 valence electrons. The number of anilines is 1. The molecule has 38 heavy (non-hydrogen) atoms. The number of amides is 1. The van der Waals surface area contributed by atoms with E-state index in [1.165, 1.54) is 12.1 Å². The van der Waals surface area contributed by atoms with Crippen molar-refractivity contribution in [1.29, 1.82) is 0 Å². The minimum Gasteiger partial charge on any atom is -0.376 e. The van der Waals surface area contributed by atoms with Crippen molar-refractivity contribution in [2.24, 2.45) is 0 Å². The minimum absolute atomic E-state index is 0.125. The lowest BCUT2D eigenvalue weighted by atomic mass is 9.91. The summed E-state index contributed by atoms with van der Waals surface area (Å²) in [7, 11) is 0. The van der Waals surface area contributed by atoms with E-state index in [1.807, 2.05) is 11.1 Å². The van der Waals surface area contributed by atoms with Crippen LogP contribution in [0, 0.1) is 5.82 Å². The van der Waals surface area contributed by atoms with Gasteiger partial charge >= 0.3 is 0 Å². The van der Waals surface area contributed by atoms with E-state index in [4.69, 9.17) is 9.72 Å². The number of pyridine rings is 1. The maximum absolute atomic E-state index is 13.9. The Morgan fingerprint density at radius 2 is 1.89 bits per heavy atom. The summed E-state index contributed by atoms with van der Waals surface area (Å²) in [5, 5.41) is 3.63. The van der Waals surface area contributed by atoms with Crippen molar-refractivity contribution < 1.29 is 13.9 Å². The van der Waals surface area contributed by atoms with E-state index in [1.54, 1.807) is 12.1 Å². The van der Waals surface area contributed by atoms with Gasteiger partial charge in [0.25, 0.3) is 0 Å². The van der Waals surface area contributed by atoms with Gasteiger partial charge in [0.05, 0.1) is 30.6 Å². The van der Waals surface area contributed by atoms with Gasteiger partial charge in [0.2, 0.25) is 5.91 Å². The first-order chi connectivity index (χ1) is 18.1. The summed E-state index contributed by atoms with van der Waals surface area (Å²) >= 11 is 0. The van der Waals surface area contributed by atoms with E-state index in [0.717, 1.165) is 55.3 Å². The third-order valence-electron chi connectivity index (χ3n) is 8.28. The molecule has 5 rings (SSSR count). The maximum Gasteiger partial charge on any atom is 0.241 e. The van der Waals surface area contributed by atoms with Crippen LogP contribution >= 0.6 is 0 Å². The number of piperazine rings is 1. The van der Waals surface area contributed by atoms with Crippen molar-refractivity contribution in [1.82, 2.24) is 20.1 Å². The number of fused-ring (bicyclic) bond motifs is 1. The topological polar surface area (TPSA) is 60.9 Å². The van der Waals surface area contributed by atoms with Crippen LogP contribution in [0.4, 0.5) is 10.1 Å². The zero-order chi connectivity index (χ0) is 27.0. The molecule has 0 radical (unpaired) electrons. The average Bonchev–Trinajstić information content (AvgIpc) is 3.14. The Morgan fingerprint density at radius 3 is 2.66 bits per heavy atom. The second-order valence-corrected chi connectivity index (χ2v) is 12.2. The van der Waals surface area contributed by atoms with Crippen molar-refractivity contribution in [2.45, 2.75) is 70.7 Å². The van der Waals surface area contributed by atoms with Crippen LogP contribution < -0.4 is 10.2 Å². The molecule has 4 atom stereocenters. The highest BCUT2D eigenvalue weighted by Crippen LogP contribution is 2.39. The number of halogens is 1. The number of carbonyl (C=O) groups is 1. The van der Waals surface area contributed by atoms with Gasteiger partial charge in [-0.3, -0.25) is 19.6 Å². The van der Waals surface area contributed by atoms with Gasteiger partial charge in [0, 0.05) is 62.5 Å². The summed E-state index contributed by atoms with van der Waals surface area (Å²) in [4.78, 5) is 25.5. The van der Waals surface area contributed by atoms with Crippen molar-refractivity contribution in [2.75, 3.05) is 50.8 Å². The van der Waals surface area contributed by atoms with Gasteiger partial charge in [-0.2, -0.15) is 0 Å². The SMILES string of the molecule is C[C@@H]1CN(CC(=O)N2CC(C)(C)c3ncc(Cc4ccc(F)cc4)cc32)[C@@H](CN2C[C@@H](C)OC[C@H]2C)CN1. The first-order valence-electron chi connectivity index (χ1n) is 14.0. The van der Waals surface area contributed by atoms with Crippen LogP contribution in [0.15, 0.2) is 36.5 Å². The molecule has 2 aromatic rings. The number of aromatic nitrogens is 1. The summed E-state index contributed by atoms with van der Waals surface area (Å²) in [5.41, 5.74) is 3.71. The zero-order valence-electron chi connectivity index (χ0n) is 23.4. The van der Waals surface area contributed by atoms with Gasteiger partial charge in [-0.25, -0.2) is 4.39 Å². The zero-order valence-corrected chi connectivity index (χ0v) is 23.4. The number of hydrogen-bond donors (Lipinski definition) is 1. The molecule has 0 aliphatic carbocycles. The first-order valence-corrected chi connectivity index (χ1v) is 14.0. The summed E-state index contributed by atoms with van der Waals surface area (Å²) in [6.07, 6.45) is 2.78. The van der Waals surface area contributed by atoms with Crippen LogP contribution in [0.3, 0.4) is 0 Å². The number of morpholine rings is 1. The number of hydrogen-bond acceptors (Lipinski definition) is 6. The third kappa shape index (κ3) is 5.93. The smallest absolute Gasteiger partial charge is 0.241 e. The molecule has 2 fully saturated rings. The van der Waals surface area contributed by atoms with Gasteiger partial charge in [-0.05, 0) is 56.5 Å². The lowest BCUT2D eigenvalue weighted by Gasteiger charge is -2.44. The van der Waals surface area contributed by atoms with Gasteiger partial charge in [-0.1, -0.05) is 26.0 Å². The van der Waals surface area contributed by atoms with Crippen molar-refractivity contribution in [3.8, 4) is 0 Å². The highest BCUT2D eigenvalue weighted by atomic mass is 19.1. The Bertz CT molecular complexity index is 1140. The number of nitrogens with one attached hydrogen (secondary N) is 1. The fourth-order valence-electron chi connectivity index (χ4n) is 6.10. The van der Waals surface area contributed by atoms with Crippen LogP contribution in [0.25, 0.3) is 0 Å². The van der Waals surface area contributed by atoms with Crippen molar-refractivity contribution >= 4 is 11.6 Å². The average molecular weight is 524 g/mol. The maximum atomic E-state index is 13.9. The molecule has 0 unspecified atom stereocenters. The first kappa shape index (κ1) is 27.2. The number of nitrogens with zero attached hydrogens (tertiary/aromatic N) is 4. The summed E-state index contributed by atoms with van der Waals surface area (Å²) < 4.78 is 19.2. The van der Waals surface area contributed by atoms with Crippen molar-refractivity contribution in [3.63, 3.8) is 0 Å². The fraction of sp³-hybridized carbons (Fsp3) is 0.600. The fourth-order valence-corrected chi connectivity index (χ4v) is 6.10. The number of benzene rings is 1. The van der Waals surface area contributed by atoms with E-state index in [-0.39, 0.29) is 29.3 Å². The molecule has 0 saturated carbocycles. The molecule has 1 aromatic heterocycles. The van der Waals surface area contributed by atoms with Crippen molar-refractivity contribution in [3.05, 3.63) is 59.2 Å². The molecule has 2 saturated heterocycles. The molecular weight excluding hydrogens is 481 g/mol. The van der Waals surface area contributed by atoms with Crippen LogP contribution in [-0.4, -0.2) is 90.8 Å². The minimum atomic E-state index is -0.238. The van der Waals surface area contributed by atoms with E-state index in [9.17, 15) is 9.18 Å². The molecule has 3 aliphatic rings. The van der Waals surface area contributed by atoms with Crippen LogP contribution in [0.5, 0.6) is 0 Å². The Balaban J connectivity index is 1.32. The van der Waals surface area contributed by atoms with Gasteiger partial charge in [-0.15, -0.1) is 0 Å². The Kier molecular flexibility index (Phi) is 7.87. The lowest BCUT2D eigenvalue weighted by molar-refractivity contribution is -0.121. The summed E-state index contributed by atoms with van der Waals surface area (Å²) in [5.74, 6) is -0.113. The third-order valence-corrected chi connectivity index (χ3v) is 8.28. The standard InChI is InChI=1S/C30H42FN5O2/c1-20-14-35(26(13-32-20)16-34-15-22(3)38-18-21(34)2)17-28(37)36-19-30(4,5)29-27(36)11-24(12-33-29)10-23-6-8-25(31)9-7-23/h6-9,11-12,20-22,26,32H,10,13-19H2,1-5H3/t20-,21-,22-,26-/m1/s1. The van der Waals surface area contributed by atoms with Crippen LogP contribution in [0.1, 0.15) is 51.4 Å². The lowest BCUT2D eigenvalue weighted by Crippen LogP contribution is -2.62. The number of rotatable bonds is 6. The number of carbonyl (C=O) groups excluding carboxylic acids is 1. The van der Waals surface area contributed by atoms with Crippen LogP contribution in [-0.2, 0) is 21.4 Å². The van der Waals surface area contributed by atoms with Gasteiger partial charge < -0.3 is 15.0 Å². The molecule has 3 aliphatic heterocycles. The monoisotopic (exact) mass is 523 g/mol. The van der Waals surface area contributed by atoms with E-state index >= 15 is 0 Å².